The summed E-state index contributed by atoms with van der Waals surface area (Å²) >= 11 is 0. The summed E-state index contributed by atoms with van der Waals surface area (Å²) in [5, 5.41) is 0.790. The lowest BCUT2D eigenvalue weighted by molar-refractivity contribution is 0.240. The zero-order valence-electron chi connectivity index (χ0n) is 13.6. The van der Waals surface area contributed by atoms with Crippen molar-refractivity contribution in [1.29, 1.82) is 0 Å². The van der Waals surface area contributed by atoms with Gasteiger partial charge in [-0.1, -0.05) is 0 Å². The molecule has 4 rings (SSSR count). The maximum atomic E-state index is 12.1. The van der Waals surface area contributed by atoms with Crippen molar-refractivity contribution >= 4 is 20.9 Å². The summed E-state index contributed by atoms with van der Waals surface area (Å²) in [6, 6.07) is 3.90. The van der Waals surface area contributed by atoms with Gasteiger partial charge in [0, 0.05) is 49.2 Å². The first kappa shape index (κ1) is 16.0. The van der Waals surface area contributed by atoms with E-state index in [0.29, 0.717) is 37.3 Å². The fourth-order valence-electron chi connectivity index (χ4n) is 3.17. The number of nitrogens with zero attached hydrogens (tertiary/aromatic N) is 3. The Kier molecular flexibility index (Phi) is 3.69. The highest BCUT2D eigenvalue weighted by Crippen LogP contribution is 2.21. The van der Waals surface area contributed by atoms with Crippen molar-refractivity contribution in [3.8, 4) is 0 Å². The number of sulfone groups is 1. The first-order chi connectivity index (χ1) is 11.9. The van der Waals surface area contributed by atoms with Crippen LogP contribution in [0.25, 0.3) is 11.0 Å². The van der Waals surface area contributed by atoms with E-state index in [1.165, 1.54) is 0 Å². The molecule has 0 unspecified atom stereocenters. The zero-order valence-corrected chi connectivity index (χ0v) is 14.4. The molecule has 9 heteroatoms. The van der Waals surface area contributed by atoms with Crippen LogP contribution in [0.1, 0.15) is 16.8 Å². The monoisotopic (exact) mass is 359 g/mol. The first-order valence-electron chi connectivity index (χ1n) is 7.87. The molecule has 3 aromatic heterocycles. The van der Waals surface area contributed by atoms with Crippen molar-refractivity contribution in [1.82, 2.24) is 24.8 Å². The Hall–Kier alpha value is -2.52. The molecule has 0 saturated carbocycles. The van der Waals surface area contributed by atoms with Crippen LogP contribution >= 0.6 is 0 Å². The zero-order chi connectivity index (χ0) is 17.6. The van der Waals surface area contributed by atoms with E-state index in [2.05, 4.69) is 24.8 Å². The van der Waals surface area contributed by atoms with Crippen molar-refractivity contribution in [3.63, 3.8) is 0 Å². The van der Waals surface area contributed by atoms with Gasteiger partial charge >= 0.3 is 0 Å². The van der Waals surface area contributed by atoms with Crippen LogP contribution in [0.4, 0.5) is 0 Å². The smallest absolute Gasteiger partial charge is 0.255 e. The molecule has 130 valence electrons. The molecular formula is C16H17N5O3S. The largest absolute Gasteiger partial charge is 0.346 e. The number of pyridine rings is 1. The van der Waals surface area contributed by atoms with E-state index in [0.717, 1.165) is 22.9 Å². The van der Waals surface area contributed by atoms with Gasteiger partial charge in [0.15, 0.2) is 0 Å². The molecule has 0 amide bonds. The summed E-state index contributed by atoms with van der Waals surface area (Å²) in [5.74, 6) is 0. The fraction of sp³-hybridized carbons (Fsp3) is 0.312. The molecule has 0 aliphatic carbocycles. The topological polar surface area (TPSA) is 112 Å². The average molecular weight is 359 g/mol. The van der Waals surface area contributed by atoms with E-state index in [1.807, 2.05) is 18.3 Å². The summed E-state index contributed by atoms with van der Waals surface area (Å²) in [4.78, 5) is 28.3. The summed E-state index contributed by atoms with van der Waals surface area (Å²) in [5.41, 5.74) is 2.70. The molecule has 8 nitrogen and oxygen atoms in total. The third-order valence-corrected chi connectivity index (χ3v) is 5.31. The van der Waals surface area contributed by atoms with E-state index >= 15 is 0 Å². The molecule has 0 radical (unpaired) electrons. The minimum Gasteiger partial charge on any atom is -0.346 e. The summed E-state index contributed by atoms with van der Waals surface area (Å²) in [6.45, 7) is 1.82. The predicted octanol–water partition coefficient (Wildman–Crippen LogP) is 0.608. The fourth-order valence-corrected chi connectivity index (χ4v) is 3.72. The maximum absolute atomic E-state index is 12.1. The molecule has 2 N–H and O–H groups in total. The highest BCUT2D eigenvalue weighted by Gasteiger charge is 2.24. The minimum absolute atomic E-state index is 0.269. The SMILES string of the molecule is CS(=O)(=O)c1nc2c(c(=O)[nH]1)CCN(Cc1c[nH]c3ncccc13)C2. The lowest BCUT2D eigenvalue weighted by atomic mass is 10.1. The van der Waals surface area contributed by atoms with E-state index in [4.69, 9.17) is 0 Å². The van der Waals surface area contributed by atoms with Crippen LogP contribution in [0.3, 0.4) is 0 Å². The molecule has 1 aliphatic heterocycles. The van der Waals surface area contributed by atoms with Gasteiger partial charge in [0.1, 0.15) is 5.65 Å². The standard InChI is InChI=1S/C16H17N5O3S/c1-25(23,24)16-19-13-9-21(6-4-12(13)15(22)20-16)8-10-7-18-14-11(10)3-2-5-17-14/h2-3,5,7H,4,6,8-9H2,1H3,(H,17,18)(H,19,20,22). The molecule has 0 aromatic carbocycles. The van der Waals surface area contributed by atoms with Crippen LogP contribution in [0.5, 0.6) is 0 Å². The Morgan fingerprint density at radius 1 is 1.36 bits per heavy atom. The summed E-state index contributed by atoms with van der Waals surface area (Å²) < 4.78 is 23.4. The van der Waals surface area contributed by atoms with E-state index in [-0.39, 0.29) is 10.7 Å². The van der Waals surface area contributed by atoms with Crippen molar-refractivity contribution in [2.24, 2.45) is 0 Å². The van der Waals surface area contributed by atoms with Gasteiger partial charge in [0.25, 0.3) is 5.56 Å². The van der Waals surface area contributed by atoms with E-state index < -0.39 is 9.84 Å². The van der Waals surface area contributed by atoms with Gasteiger partial charge in [-0.15, -0.1) is 0 Å². The predicted molar refractivity (Wildman–Crippen MR) is 91.9 cm³/mol. The summed E-state index contributed by atoms with van der Waals surface area (Å²) in [6.07, 6.45) is 5.25. The lowest BCUT2D eigenvalue weighted by Crippen LogP contribution is -2.35. The molecule has 4 heterocycles. The lowest BCUT2D eigenvalue weighted by Gasteiger charge is -2.27. The van der Waals surface area contributed by atoms with Crippen LogP contribution in [0, 0.1) is 0 Å². The van der Waals surface area contributed by atoms with Crippen molar-refractivity contribution < 1.29 is 8.42 Å². The highest BCUT2D eigenvalue weighted by atomic mass is 32.2. The number of hydrogen-bond donors (Lipinski definition) is 2. The van der Waals surface area contributed by atoms with Gasteiger partial charge in [0.05, 0.1) is 5.69 Å². The third kappa shape index (κ3) is 2.96. The molecule has 25 heavy (non-hydrogen) atoms. The normalized spacial score (nSPS) is 15.4. The molecular weight excluding hydrogens is 342 g/mol. The molecule has 1 aliphatic rings. The average Bonchev–Trinajstić information content (AvgIpc) is 2.97. The Bertz CT molecular complexity index is 1120. The molecule has 0 spiro atoms. The second-order valence-corrected chi connectivity index (χ2v) is 8.17. The number of fused-ring (bicyclic) bond motifs is 2. The van der Waals surface area contributed by atoms with Gasteiger partial charge in [0.2, 0.25) is 15.0 Å². The molecule has 0 atom stereocenters. The third-order valence-electron chi connectivity index (χ3n) is 4.41. The van der Waals surface area contributed by atoms with Crippen LogP contribution in [0.2, 0.25) is 0 Å². The second kappa shape index (κ2) is 5.78. The number of nitrogens with one attached hydrogen (secondary N) is 2. The first-order valence-corrected chi connectivity index (χ1v) is 9.76. The number of aromatic nitrogens is 4. The summed E-state index contributed by atoms with van der Waals surface area (Å²) in [7, 11) is -3.55. The number of hydrogen-bond acceptors (Lipinski definition) is 6. The van der Waals surface area contributed by atoms with E-state index in [1.54, 1.807) is 6.20 Å². The number of rotatable bonds is 3. The minimum atomic E-state index is -3.55. The van der Waals surface area contributed by atoms with Crippen molar-refractivity contribution in [2.45, 2.75) is 24.7 Å². The van der Waals surface area contributed by atoms with Crippen molar-refractivity contribution in [2.75, 3.05) is 12.8 Å². The van der Waals surface area contributed by atoms with Gasteiger partial charge < -0.3 is 4.98 Å². The Labute approximate surface area is 143 Å². The van der Waals surface area contributed by atoms with Gasteiger partial charge in [-0.2, -0.15) is 0 Å². The van der Waals surface area contributed by atoms with Crippen LogP contribution in [0.15, 0.2) is 34.5 Å². The second-order valence-electron chi connectivity index (χ2n) is 6.24. The van der Waals surface area contributed by atoms with E-state index in [9.17, 15) is 13.2 Å². The highest BCUT2D eigenvalue weighted by molar-refractivity contribution is 7.90. The van der Waals surface area contributed by atoms with Crippen LogP contribution < -0.4 is 5.56 Å². The Morgan fingerprint density at radius 2 is 2.20 bits per heavy atom. The maximum Gasteiger partial charge on any atom is 0.255 e. The van der Waals surface area contributed by atoms with Gasteiger partial charge in [-0.3, -0.25) is 14.7 Å². The molecule has 3 aromatic rings. The van der Waals surface area contributed by atoms with Gasteiger partial charge in [-0.25, -0.2) is 18.4 Å². The molecule has 0 saturated heterocycles. The number of aromatic amines is 2. The van der Waals surface area contributed by atoms with Crippen molar-refractivity contribution in [3.05, 3.63) is 51.7 Å². The van der Waals surface area contributed by atoms with Crippen LogP contribution in [-0.4, -0.2) is 46.1 Å². The molecule has 0 fully saturated rings. The molecule has 0 bridgehead atoms. The number of H-pyrrole nitrogens is 2. The quantitative estimate of drug-likeness (QED) is 0.663. The Morgan fingerprint density at radius 3 is 3.00 bits per heavy atom. The van der Waals surface area contributed by atoms with Crippen LogP contribution in [-0.2, 0) is 29.3 Å². The van der Waals surface area contributed by atoms with Gasteiger partial charge in [-0.05, 0) is 24.1 Å². The Balaban J connectivity index is 1.64.